The molecule has 1 aliphatic rings. The third-order valence-electron chi connectivity index (χ3n) is 3.48. The molecule has 1 saturated carbocycles. The molecule has 2 rings (SSSR count). The average Bonchev–Trinajstić information content (AvgIpc) is 2.28. The van der Waals surface area contributed by atoms with Gasteiger partial charge < -0.3 is 15.2 Å². The van der Waals surface area contributed by atoms with E-state index in [0.29, 0.717) is 19.4 Å². The molecule has 1 aliphatic carbocycles. The Labute approximate surface area is 107 Å². The van der Waals surface area contributed by atoms with Gasteiger partial charge in [-0.3, -0.25) is 0 Å². The van der Waals surface area contributed by atoms with Crippen molar-refractivity contribution in [3.05, 3.63) is 29.8 Å². The van der Waals surface area contributed by atoms with Crippen LogP contribution in [0.2, 0.25) is 0 Å². The van der Waals surface area contributed by atoms with Crippen molar-refractivity contribution in [1.82, 2.24) is 0 Å². The molecule has 0 aromatic heterocycles. The molecule has 0 heterocycles. The molecule has 0 spiro atoms. The fourth-order valence-corrected chi connectivity index (χ4v) is 2.37. The zero-order valence-electron chi connectivity index (χ0n) is 10.8. The van der Waals surface area contributed by atoms with E-state index in [0.717, 1.165) is 11.3 Å². The number of carboxylic acid groups (broad SMARTS) is 1. The van der Waals surface area contributed by atoms with Crippen molar-refractivity contribution < 1.29 is 14.6 Å². The summed E-state index contributed by atoms with van der Waals surface area (Å²) < 4.78 is 5.45. The molecule has 0 radical (unpaired) electrons. The first-order chi connectivity index (χ1) is 8.57. The SMILES string of the molecule is CCOC1CC(Nc2ccccc2C)(C(=O)O)C1. The summed E-state index contributed by atoms with van der Waals surface area (Å²) in [6.07, 6.45) is 1.09. The van der Waals surface area contributed by atoms with Gasteiger partial charge >= 0.3 is 5.97 Å². The lowest BCUT2D eigenvalue weighted by Crippen LogP contribution is -2.59. The molecule has 0 aliphatic heterocycles. The maximum atomic E-state index is 11.5. The lowest BCUT2D eigenvalue weighted by atomic mass is 9.74. The van der Waals surface area contributed by atoms with Crippen molar-refractivity contribution in [2.24, 2.45) is 0 Å². The second-order valence-corrected chi connectivity index (χ2v) is 4.81. The molecular weight excluding hydrogens is 230 g/mol. The number of rotatable bonds is 5. The minimum atomic E-state index is -0.869. The largest absolute Gasteiger partial charge is 0.480 e. The summed E-state index contributed by atoms with van der Waals surface area (Å²) in [7, 11) is 0. The summed E-state index contributed by atoms with van der Waals surface area (Å²) in [5.41, 5.74) is 1.07. The molecule has 4 heteroatoms. The van der Waals surface area contributed by atoms with Crippen LogP contribution in [0.4, 0.5) is 5.69 Å². The Morgan fingerprint density at radius 2 is 2.17 bits per heavy atom. The minimum absolute atomic E-state index is 0.0580. The zero-order valence-corrected chi connectivity index (χ0v) is 10.8. The predicted molar refractivity (Wildman–Crippen MR) is 69.8 cm³/mol. The second kappa shape index (κ2) is 4.98. The van der Waals surface area contributed by atoms with Gasteiger partial charge in [-0.05, 0) is 25.5 Å². The van der Waals surface area contributed by atoms with Crippen molar-refractivity contribution in [3.8, 4) is 0 Å². The van der Waals surface area contributed by atoms with Gasteiger partial charge in [-0.2, -0.15) is 0 Å². The van der Waals surface area contributed by atoms with E-state index in [4.69, 9.17) is 4.74 Å². The van der Waals surface area contributed by atoms with E-state index in [1.807, 2.05) is 38.1 Å². The first-order valence-electron chi connectivity index (χ1n) is 6.26. The average molecular weight is 249 g/mol. The number of aliphatic carboxylic acids is 1. The van der Waals surface area contributed by atoms with Crippen LogP contribution in [0.25, 0.3) is 0 Å². The lowest BCUT2D eigenvalue weighted by Gasteiger charge is -2.45. The Hall–Kier alpha value is -1.55. The molecule has 1 aromatic carbocycles. The van der Waals surface area contributed by atoms with Gasteiger partial charge in [-0.1, -0.05) is 18.2 Å². The van der Waals surface area contributed by atoms with E-state index in [1.165, 1.54) is 0 Å². The quantitative estimate of drug-likeness (QED) is 0.841. The lowest BCUT2D eigenvalue weighted by molar-refractivity contribution is -0.152. The number of anilines is 1. The van der Waals surface area contributed by atoms with Crippen molar-refractivity contribution >= 4 is 11.7 Å². The third-order valence-corrected chi connectivity index (χ3v) is 3.48. The number of ether oxygens (including phenoxy) is 1. The molecule has 0 amide bonds. The van der Waals surface area contributed by atoms with Crippen LogP contribution < -0.4 is 5.32 Å². The van der Waals surface area contributed by atoms with E-state index in [9.17, 15) is 9.90 Å². The Balaban J connectivity index is 2.10. The highest BCUT2D eigenvalue weighted by molar-refractivity contribution is 5.84. The van der Waals surface area contributed by atoms with Gasteiger partial charge in [-0.25, -0.2) is 4.79 Å². The van der Waals surface area contributed by atoms with Crippen LogP contribution in [0, 0.1) is 6.92 Å². The van der Waals surface area contributed by atoms with Crippen LogP contribution >= 0.6 is 0 Å². The van der Waals surface area contributed by atoms with Gasteiger partial charge in [0.15, 0.2) is 0 Å². The fraction of sp³-hybridized carbons (Fsp3) is 0.500. The first-order valence-corrected chi connectivity index (χ1v) is 6.26. The Kier molecular flexibility index (Phi) is 3.57. The van der Waals surface area contributed by atoms with Crippen LogP contribution in [-0.4, -0.2) is 29.3 Å². The number of carboxylic acids is 1. The Bertz CT molecular complexity index is 438. The van der Waals surface area contributed by atoms with Gasteiger partial charge in [0, 0.05) is 25.1 Å². The maximum absolute atomic E-state index is 11.5. The second-order valence-electron chi connectivity index (χ2n) is 4.81. The number of hydrogen-bond donors (Lipinski definition) is 2. The highest BCUT2D eigenvalue weighted by Gasteiger charge is 2.51. The molecule has 0 saturated heterocycles. The third kappa shape index (κ3) is 2.34. The normalized spacial score (nSPS) is 26.4. The first kappa shape index (κ1) is 12.9. The highest BCUT2D eigenvalue weighted by Crippen LogP contribution is 2.38. The topological polar surface area (TPSA) is 58.6 Å². The van der Waals surface area contributed by atoms with Crippen LogP contribution in [0.15, 0.2) is 24.3 Å². The Morgan fingerprint density at radius 3 is 2.72 bits per heavy atom. The van der Waals surface area contributed by atoms with Crippen LogP contribution in [0.5, 0.6) is 0 Å². The van der Waals surface area contributed by atoms with Crippen molar-refractivity contribution in [2.45, 2.75) is 38.3 Å². The summed E-state index contributed by atoms with van der Waals surface area (Å²) in [6.45, 7) is 4.52. The number of benzene rings is 1. The van der Waals surface area contributed by atoms with Crippen LogP contribution in [0.3, 0.4) is 0 Å². The van der Waals surface area contributed by atoms with Crippen molar-refractivity contribution in [3.63, 3.8) is 0 Å². The van der Waals surface area contributed by atoms with Crippen LogP contribution in [-0.2, 0) is 9.53 Å². The van der Waals surface area contributed by atoms with E-state index in [1.54, 1.807) is 0 Å². The minimum Gasteiger partial charge on any atom is -0.480 e. The molecule has 4 nitrogen and oxygen atoms in total. The van der Waals surface area contributed by atoms with Crippen molar-refractivity contribution in [2.75, 3.05) is 11.9 Å². The number of carbonyl (C=O) groups is 1. The molecule has 1 fully saturated rings. The monoisotopic (exact) mass is 249 g/mol. The standard InChI is InChI=1S/C14H19NO3/c1-3-18-11-8-14(9-11,13(16)17)15-12-7-5-4-6-10(12)2/h4-7,11,15H,3,8-9H2,1-2H3,(H,16,17). The molecule has 0 bridgehead atoms. The van der Waals surface area contributed by atoms with E-state index in [-0.39, 0.29) is 6.10 Å². The number of para-hydroxylation sites is 1. The summed E-state index contributed by atoms with van der Waals surface area (Å²) in [6, 6.07) is 7.73. The summed E-state index contributed by atoms with van der Waals surface area (Å²) >= 11 is 0. The van der Waals surface area contributed by atoms with Crippen LogP contribution in [0.1, 0.15) is 25.3 Å². The van der Waals surface area contributed by atoms with E-state index < -0.39 is 11.5 Å². The van der Waals surface area contributed by atoms with Gasteiger partial charge in [0.05, 0.1) is 6.10 Å². The number of nitrogens with one attached hydrogen (secondary N) is 1. The van der Waals surface area contributed by atoms with E-state index in [2.05, 4.69) is 5.32 Å². The van der Waals surface area contributed by atoms with E-state index >= 15 is 0 Å². The summed E-state index contributed by atoms with van der Waals surface area (Å²) in [5, 5.41) is 12.6. The van der Waals surface area contributed by atoms with Gasteiger partial charge in [0.1, 0.15) is 5.54 Å². The maximum Gasteiger partial charge on any atom is 0.329 e. The molecule has 2 N–H and O–H groups in total. The highest BCUT2D eigenvalue weighted by atomic mass is 16.5. The Morgan fingerprint density at radius 1 is 1.50 bits per heavy atom. The predicted octanol–water partition coefficient (Wildman–Crippen LogP) is 2.43. The molecular formula is C14H19NO3. The molecule has 18 heavy (non-hydrogen) atoms. The van der Waals surface area contributed by atoms with Gasteiger partial charge in [0.2, 0.25) is 0 Å². The molecule has 1 aromatic rings. The zero-order chi connectivity index (χ0) is 13.2. The number of hydrogen-bond acceptors (Lipinski definition) is 3. The fourth-order valence-electron chi connectivity index (χ4n) is 2.37. The smallest absolute Gasteiger partial charge is 0.329 e. The summed E-state index contributed by atoms with van der Waals surface area (Å²) in [4.78, 5) is 11.5. The molecule has 0 atom stereocenters. The van der Waals surface area contributed by atoms with Gasteiger partial charge in [0.25, 0.3) is 0 Å². The van der Waals surface area contributed by atoms with Gasteiger partial charge in [-0.15, -0.1) is 0 Å². The number of aryl methyl sites for hydroxylation is 1. The van der Waals surface area contributed by atoms with Crippen molar-refractivity contribution in [1.29, 1.82) is 0 Å². The molecule has 0 unspecified atom stereocenters. The molecule has 98 valence electrons. The summed E-state index contributed by atoms with van der Waals surface area (Å²) in [5.74, 6) is -0.804.